The maximum atomic E-state index is 12.6. The zero-order valence-corrected chi connectivity index (χ0v) is 11.8. The lowest BCUT2D eigenvalue weighted by atomic mass is 10.1. The third-order valence-electron chi connectivity index (χ3n) is 3.51. The van der Waals surface area contributed by atoms with Crippen molar-refractivity contribution in [2.24, 2.45) is 5.73 Å². The predicted molar refractivity (Wildman–Crippen MR) is 76.2 cm³/mol. The third-order valence-corrected chi connectivity index (χ3v) is 3.51. The lowest BCUT2D eigenvalue weighted by Crippen LogP contribution is -2.46. The molecule has 0 bridgehead atoms. The Morgan fingerprint density at radius 1 is 1.52 bits per heavy atom. The van der Waals surface area contributed by atoms with Gasteiger partial charge in [0.1, 0.15) is 0 Å². The molecule has 7 heteroatoms. The molecule has 1 saturated heterocycles. The largest absolute Gasteiger partial charge is 0.504 e. The summed E-state index contributed by atoms with van der Waals surface area (Å²) in [6, 6.07) is 4.55. The molecule has 1 fully saturated rings. The molecule has 1 aliphatic rings. The number of nitrogens with two attached hydrogens (primary N) is 1. The highest BCUT2D eigenvalue weighted by atomic mass is 16.5. The zero-order chi connectivity index (χ0) is 15.4. The molecule has 0 aliphatic carbocycles. The Labute approximate surface area is 122 Å². The molecule has 2 amide bonds. The van der Waals surface area contributed by atoms with Gasteiger partial charge in [-0.2, -0.15) is 0 Å². The molecule has 1 unspecified atom stereocenters. The smallest absolute Gasteiger partial charge is 0.258 e. The van der Waals surface area contributed by atoms with Crippen LogP contribution >= 0.6 is 0 Å². The molecule has 1 atom stereocenters. The van der Waals surface area contributed by atoms with Crippen molar-refractivity contribution >= 4 is 11.8 Å². The van der Waals surface area contributed by atoms with Crippen LogP contribution in [0.5, 0.6) is 11.5 Å². The summed E-state index contributed by atoms with van der Waals surface area (Å²) >= 11 is 0. The van der Waals surface area contributed by atoms with Gasteiger partial charge in [0.25, 0.3) is 5.91 Å². The summed E-state index contributed by atoms with van der Waals surface area (Å²) in [6.45, 7) is 1.20. The van der Waals surface area contributed by atoms with Gasteiger partial charge >= 0.3 is 0 Å². The zero-order valence-electron chi connectivity index (χ0n) is 11.8. The summed E-state index contributed by atoms with van der Waals surface area (Å²) in [7, 11) is 1.41. The summed E-state index contributed by atoms with van der Waals surface area (Å²) in [5, 5.41) is 13.2. The van der Waals surface area contributed by atoms with E-state index in [0.29, 0.717) is 6.54 Å². The van der Waals surface area contributed by atoms with Crippen LogP contribution in [-0.4, -0.2) is 54.6 Å². The van der Waals surface area contributed by atoms with Crippen molar-refractivity contribution in [1.82, 2.24) is 10.2 Å². The average Bonchev–Trinajstić information content (AvgIpc) is 2.98. The van der Waals surface area contributed by atoms with Gasteiger partial charge in [0.2, 0.25) is 5.91 Å². The molecule has 114 valence electrons. The van der Waals surface area contributed by atoms with E-state index >= 15 is 0 Å². The number of methoxy groups -OCH3 is 1. The number of nitrogens with one attached hydrogen (secondary N) is 1. The van der Waals surface area contributed by atoms with E-state index in [4.69, 9.17) is 10.5 Å². The number of carbonyl (C=O) groups is 2. The first-order chi connectivity index (χ1) is 10.0. The highest BCUT2D eigenvalue weighted by molar-refractivity contribution is 5.99. The number of nitrogens with zero attached hydrogens (tertiary/aromatic N) is 1. The summed E-state index contributed by atoms with van der Waals surface area (Å²) in [5.74, 6) is -1.04. The standard InChI is InChI=1S/C14H19N3O4/c1-21-11-4-2-3-10(13(11)19)14(20)17(8-12(15)18)9-5-6-16-7-9/h2-4,9,16,19H,5-8H2,1H3,(H2,15,18). The van der Waals surface area contributed by atoms with Crippen LogP contribution in [0.4, 0.5) is 0 Å². The van der Waals surface area contributed by atoms with E-state index in [2.05, 4.69) is 5.32 Å². The number of aromatic hydroxyl groups is 1. The first-order valence-electron chi connectivity index (χ1n) is 6.70. The number of phenols is 1. The minimum absolute atomic E-state index is 0.0995. The Morgan fingerprint density at radius 3 is 2.86 bits per heavy atom. The Morgan fingerprint density at radius 2 is 2.29 bits per heavy atom. The van der Waals surface area contributed by atoms with Crippen molar-refractivity contribution in [3.63, 3.8) is 0 Å². The maximum absolute atomic E-state index is 12.6. The van der Waals surface area contributed by atoms with Crippen LogP contribution in [0.3, 0.4) is 0 Å². The van der Waals surface area contributed by atoms with Crippen LogP contribution in [0.25, 0.3) is 0 Å². The maximum Gasteiger partial charge on any atom is 0.258 e. The number of benzene rings is 1. The van der Waals surface area contributed by atoms with Gasteiger partial charge < -0.3 is 25.8 Å². The predicted octanol–water partition coefficient (Wildman–Crippen LogP) is -0.310. The number of hydrogen-bond donors (Lipinski definition) is 3. The molecular formula is C14H19N3O4. The first kappa shape index (κ1) is 15.1. The van der Waals surface area contributed by atoms with E-state index in [1.54, 1.807) is 12.1 Å². The summed E-state index contributed by atoms with van der Waals surface area (Å²) in [4.78, 5) is 25.3. The van der Waals surface area contributed by atoms with E-state index < -0.39 is 11.8 Å². The minimum Gasteiger partial charge on any atom is -0.504 e. The van der Waals surface area contributed by atoms with Gasteiger partial charge in [-0.25, -0.2) is 0 Å². The molecule has 0 saturated carbocycles. The van der Waals surface area contributed by atoms with E-state index in [1.165, 1.54) is 18.1 Å². The topological polar surface area (TPSA) is 105 Å². The monoisotopic (exact) mass is 293 g/mol. The van der Waals surface area contributed by atoms with E-state index in [1.807, 2.05) is 0 Å². The molecule has 4 N–H and O–H groups in total. The Balaban J connectivity index is 2.31. The Kier molecular flexibility index (Phi) is 4.64. The molecule has 0 radical (unpaired) electrons. The molecule has 7 nitrogen and oxygen atoms in total. The number of hydrogen-bond acceptors (Lipinski definition) is 5. The number of para-hydroxylation sites is 1. The Bertz CT molecular complexity index is 541. The fraction of sp³-hybridized carbons (Fsp3) is 0.429. The number of primary amides is 1. The molecule has 1 aliphatic heterocycles. The number of rotatable bonds is 5. The number of ether oxygens (including phenoxy) is 1. The molecule has 0 aromatic heterocycles. The van der Waals surface area contributed by atoms with Crippen LogP contribution in [0.2, 0.25) is 0 Å². The second-order valence-corrected chi connectivity index (χ2v) is 4.90. The van der Waals surface area contributed by atoms with Crippen LogP contribution in [-0.2, 0) is 4.79 Å². The average molecular weight is 293 g/mol. The summed E-state index contributed by atoms with van der Waals surface area (Å²) in [6.07, 6.45) is 0.740. The highest BCUT2D eigenvalue weighted by Gasteiger charge is 2.30. The lowest BCUT2D eigenvalue weighted by Gasteiger charge is -2.27. The van der Waals surface area contributed by atoms with Crippen molar-refractivity contribution in [1.29, 1.82) is 0 Å². The van der Waals surface area contributed by atoms with Gasteiger partial charge in [-0.15, -0.1) is 0 Å². The van der Waals surface area contributed by atoms with Crippen LogP contribution in [0, 0.1) is 0 Å². The Hall–Kier alpha value is -2.28. The fourth-order valence-electron chi connectivity index (χ4n) is 2.45. The van der Waals surface area contributed by atoms with E-state index in [9.17, 15) is 14.7 Å². The molecule has 1 aromatic rings. The molecular weight excluding hydrogens is 274 g/mol. The second kappa shape index (κ2) is 6.45. The van der Waals surface area contributed by atoms with Crippen molar-refractivity contribution in [2.45, 2.75) is 12.5 Å². The SMILES string of the molecule is COc1cccc(C(=O)N(CC(N)=O)C2CCNC2)c1O. The van der Waals surface area contributed by atoms with Crippen molar-refractivity contribution in [3.05, 3.63) is 23.8 Å². The van der Waals surface area contributed by atoms with Crippen LogP contribution < -0.4 is 15.8 Å². The highest BCUT2D eigenvalue weighted by Crippen LogP contribution is 2.30. The van der Waals surface area contributed by atoms with Gasteiger partial charge in [0.05, 0.1) is 19.2 Å². The molecule has 21 heavy (non-hydrogen) atoms. The molecule has 0 spiro atoms. The van der Waals surface area contributed by atoms with Gasteiger partial charge in [-0.05, 0) is 25.1 Å². The van der Waals surface area contributed by atoms with Crippen molar-refractivity contribution in [3.8, 4) is 11.5 Å². The van der Waals surface area contributed by atoms with Gasteiger partial charge in [0, 0.05) is 12.6 Å². The van der Waals surface area contributed by atoms with Gasteiger partial charge in [-0.1, -0.05) is 6.07 Å². The van der Waals surface area contributed by atoms with E-state index in [0.717, 1.165) is 13.0 Å². The number of carbonyl (C=O) groups excluding carboxylic acids is 2. The van der Waals surface area contributed by atoms with Crippen LogP contribution in [0.15, 0.2) is 18.2 Å². The first-order valence-corrected chi connectivity index (χ1v) is 6.70. The number of amides is 2. The van der Waals surface area contributed by atoms with Crippen molar-refractivity contribution in [2.75, 3.05) is 26.7 Å². The molecule has 2 rings (SSSR count). The molecule has 1 aromatic carbocycles. The quantitative estimate of drug-likeness (QED) is 0.690. The fourth-order valence-corrected chi connectivity index (χ4v) is 2.45. The minimum atomic E-state index is -0.586. The second-order valence-electron chi connectivity index (χ2n) is 4.90. The lowest BCUT2D eigenvalue weighted by molar-refractivity contribution is -0.119. The summed E-state index contributed by atoms with van der Waals surface area (Å²) < 4.78 is 5.00. The normalized spacial score (nSPS) is 17.5. The van der Waals surface area contributed by atoms with Gasteiger partial charge in [0.15, 0.2) is 11.5 Å². The van der Waals surface area contributed by atoms with Crippen LogP contribution in [0.1, 0.15) is 16.8 Å². The third kappa shape index (κ3) is 3.25. The number of phenolic OH excluding ortho intramolecular Hbond substituents is 1. The molecule has 1 heterocycles. The van der Waals surface area contributed by atoms with E-state index in [-0.39, 0.29) is 29.6 Å². The van der Waals surface area contributed by atoms with Crippen molar-refractivity contribution < 1.29 is 19.4 Å². The van der Waals surface area contributed by atoms with Gasteiger partial charge in [-0.3, -0.25) is 9.59 Å². The summed E-state index contributed by atoms with van der Waals surface area (Å²) in [5.41, 5.74) is 5.33.